The van der Waals surface area contributed by atoms with E-state index < -0.39 is 0 Å². The number of imidazole rings is 1. The van der Waals surface area contributed by atoms with Crippen molar-refractivity contribution >= 4 is 5.82 Å². The average molecular weight is 440 g/mol. The van der Waals surface area contributed by atoms with Crippen LogP contribution in [0.5, 0.6) is 0 Å². The normalized spacial score (nSPS) is 11.7. The van der Waals surface area contributed by atoms with Gasteiger partial charge in [0, 0.05) is 6.20 Å². The minimum Gasteiger partial charge on any atom is -0.390 e. The maximum absolute atomic E-state index is 9.87. The topological polar surface area (TPSA) is 113 Å². The standard InChI is InChI=1S/C25H25N7O/c1-4-20(19-8-6-5-7-18(19)12-26)29-25-16(2)11-22(30-31-25)21-9-10-24(23(14-33)28-21)32-13-17(3)27-15-32/h5-11,13,15,20,33H,4,14H2,1-3H3,(H,29,31)/t20-/m0/s1. The molecule has 0 aliphatic heterocycles. The summed E-state index contributed by atoms with van der Waals surface area (Å²) >= 11 is 0. The fourth-order valence-corrected chi connectivity index (χ4v) is 3.76. The van der Waals surface area contributed by atoms with E-state index in [0.717, 1.165) is 28.9 Å². The highest BCUT2D eigenvalue weighted by Crippen LogP contribution is 2.27. The number of anilines is 1. The lowest BCUT2D eigenvalue weighted by Crippen LogP contribution is -2.14. The molecule has 4 aromatic rings. The van der Waals surface area contributed by atoms with Crippen LogP contribution in [0.3, 0.4) is 0 Å². The highest BCUT2D eigenvalue weighted by atomic mass is 16.3. The van der Waals surface area contributed by atoms with Crippen molar-refractivity contribution in [3.05, 3.63) is 83.1 Å². The summed E-state index contributed by atoms with van der Waals surface area (Å²) in [7, 11) is 0. The van der Waals surface area contributed by atoms with Gasteiger partial charge < -0.3 is 15.0 Å². The van der Waals surface area contributed by atoms with Crippen LogP contribution in [0.1, 0.15) is 47.5 Å². The van der Waals surface area contributed by atoms with Gasteiger partial charge in [-0.3, -0.25) is 0 Å². The number of hydrogen-bond acceptors (Lipinski definition) is 7. The second kappa shape index (κ2) is 9.59. The van der Waals surface area contributed by atoms with Gasteiger partial charge in [0.2, 0.25) is 0 Å². The summed E-state index contributed by atoms with van der Waals surface area (Å²) in [6, 6.07) is 15.4. The molecule has 0 spiro atoms. The number of aliphatic hydroxyl groups excluding tert-OH is 1. The largest absolute Gasteiger partial charge is 0.390 e. The van der Waals surface area contributed by atoms with Gasteiger partial charge in [-0.2, -0.15) is 5.26 Å². The van der Waals surface area contributed by atoms with Crippen LogP contribution in [0.2, 0.25) is 0 Å². The molecular formula is C25H25N7O. The molecule has 33 heavy (non-hydrogen) atoms. The predicted octanol–water partition coefficient (Wildman–Crippen LogP) is 4.27. The molecule has 3 heterocycles. The molecule has 0 aliphatic carbocycles. The van der Waals surface area contributed by atoms with E-state index in [2.05, 4.69) is 38.5 Å². The van der Waals surface area contributed by atoms with Crippen molar-refractivity contribution in [2.75, 3.05) is 5.32 Å². The summed E-state index contributed by atoms with van der Waals surface area (Å²) < 4.78 is 1.84. The molecule has 0 amide bonds. The quantitative estimate of drug-likeness (QED) is 0.442. The molecule has 0 fully saturated rings. The van der Waals surface area contributed by atoms with E-state index in [1.165, 1.54) is 0 Å². The number of aromatic nitrogens is 5. The maximum Gasteiger partial charge on any atom is 0.152 e. The van der Waals surface area contributed by atoms with Crippen LogP contribution in [-0.2, 0) is 6.61 Å². The Labute approximate surface area is 192 Å². The second-order valence-corrected chi connectivity index (χ2v) is 7.81. The molecule has 4 rings (SSSR count). The van der Waals surface area contributed by atoms with Crippen LogP contribution < -0.4 is 5.32 Å². The zero-order valence-electron chi connectivity index (χ0n) is 18.8. The van der Waals surface area contributed by atoms with E-state index in [-0.39, 0.29) is 12.6 Å². The van der Waals surface area contributed by atoms with Crippen molar-refractivity contribution in [1.29, 1.82) is 5.26 Å². The number of aliphatic hydroxyl groups is 1. The summed E-state index contributed by atoms with van der Waals surface area (Å²) in [4.78, 5) is 8.85. The van der Waals surface area contributed by atoms with Crippen LogP contribution in [-0.4, -0.2) is 29.8 Å². The number of nitrogens with zero attached hydrogens (tertiary/aromatic N) is 6. The molecule has 2 N–H and O–H groups in total. The molecule has 0 radical (unpaired) electrons. The molecule has 0 unspecified atom stereocenters. The lowest BCUT2D eigenvalue weighted by atomic mass is 9.99. The van der Waals surface area contributed by atoms with Crippen molar-refractivity contribution in [3.63, 3.8) is 0 Å². The first-order valence-electron chi connectivity index (χ1n) is 10.8. The molecule has 0 saturated heterocycles. The monoisotopic (exact) mass is 439 g/mol. The first-order chi connectivity index (χ1) is 16.0. The Hall–Kier alpha value is -4.09. The summed E-state index contributed by atoms with van der Waals surface area (Å²) in [5, 5.41) is 31.5. The predicted molar refractivity (Wildman–Crippen MR) is 126 cm³/mol. The minimum atomic E-state index is -0.205. The van der Waals surface area contributed by atoms with Crippen molar-refractivity contribution < 1.29 is 5.11 Å². The third-order valence-electron chi connectivity index (χ3n) is 5.51. The summed E-state index contributed by atoms with van der Waals surface area (Å²) in [5.74, 6) is 0.659. The molecular weight excluding hydrogens is 414 g/mol. The number of nitriles is 1. The van der Waals surface area contributed by atoms with Gasteiger partial charge in [0.05, 0.1) is 53.4 Å². The first kappa shape index (κ1) is 22.1. The zero-order chi connectivity index (χ0) is 23.4. The van der Waals surface area contributed by atoms with E-state index in [1.807, 2.05) is 67.1 Å². The highest BCUT2D eigenvalue weighted by Gasteiger charge is 2.16. The van der Waals surface area contributed by atoms with E-state index in [0.29, 0.717) is 28.5 Å². The summed E-state index contributed by atoms with van der Waals surface area (Å²) in [5.41, 5.74) is 5.93. The Balaban J connectivity index is 1.62. The molecule has 0 bridgehead atoms. The van der Waals surface area contributed by atoms with Crippen LogP contribution in [0, 0.1) is 25.2 Å². The fourth-order valence-electron chi connectivity index (χ4n) is 3.76. The van der Waals surface area contributed by atoms with E-state index >= 15 is 0 Å². The number of benzene rings is 1. The van der Waals surface area contributed by atoms with Gasteiger partial charge in [0.15, 0.2) is 5.82 Å². The highest BCUT2D eigenvalue weighted by molar-refractivity contribution is 5.60. The molecule has 8 heteroatoms. The van der Waals surface area contributed by atoms with Gasteiger partial charge in [-0.05, 0) is 55.7 Å². The van der Waals surface area contributed by atoms with E-state index in [1.54, 1.807) is 6.33 Å². The molecule has 166 valence electrons. The molecule has 0 aliphatic rings. The van der Waals surface area contributed by atoms with Gasteiger partial charge in [-0.15, -0.1) is 10.2 Å². The van der Waals surface area contributed by atoms with E-state index in [4.69, 9.17) is 0 Å². The van der Waals surface area contributed by atoms with Gasteiger partial charge in [0.25, 0.3) is 0 Å². The summed E-state index contributed by atoms with van der Waals surface area (Å²) in [6.07, 6.45) is 4.37. The molecule has 8 nitrogen and oxygen atoms in total. The Morgan fingerprint density at radius 2 is 1.94 bits per heavy atom. The van der Waals surface area contributed by atoms with Gasteiger partial charge in [0.1, 0.15) is 5.69 Å². The van der Waals surface area contributed by atoms with Crippen molar-refractivity contribution in [2.45, 2.75) is 39.8 Å². The number of rotatable bonds is 7. The number of hydrogen-bond donors (Lipinski definition) is 2. The first-order valence-corrected chi connectivity index (χ1v) is 10.8. The van der Waals surface area contributed by atoms with Crippen molar-refractivity contribution in [1.82, 2.24) is 24.7 Å². The average Bonchev–Trinajstić information content (AvgIpc) is 3.28. The summed E-state index contributed by atoms with van der Waals surface area (Å²) in [6.45, 7) is 5.72. The Morgan fingerprint density at radius 3 is 2.61 bits per heavy atom. The van der Waals surface area contributed by atoms with Gasteiger partial charge in [-0.1, -0.05) is 25.1 Å². The van der Waals surface area contributed by atoms with Crippen LogP contribution in [0.4, 0.5) is 5.82 Å². The molecule has 1 aromatic carbocycles. The third-order valence-corrected chi connectivity index (χ3v) is 5.51. The van der Waals surface area contributed by atoms with Crippen molar-refractivity contribution in [3.8, 4) is 23.1 Å². The SMILES string of the molecule is CC[C@H](Nc1nnc(-c2ccc(-n3cnc(C)c3)c(CO)n2)cc1C)c1ccccc1C#N. The lowest BCUT2D eigenvalue weighted by molar-refractivity contribution is 0.276. The Morgan fingerprint density at radius 1 is 1.12 bits per heavy atom. The van der Waals surface area contributed by atoms with Crippen molar-refractivity contribution in [2.24, 2.45) is 0 Å². The van der Waals surface area contributed by atoms with Crippen LogP contribution >= 0.6 is 0 Å². The number of aryl methyl sites for hydroxylation is 2. The van der Waals surface area contributed by atoms with E-state index in [9.17, 15) is 10.4 Å². The maximum atomic E-state index is 9.87. The Kier molecular flexibility index (Phi) is 6.43. The molecule has 1 atom stereocenters. The molecule has 0 saturated carbocycles. The fraction of sp³-hybridized carbons (Fsp3) is 0.240. The second-order valence-electron chi connectivity index (χ2n) is 7.81. The Bertz CT molecular complexity index is 1320. The number of nitrogens with one attached hydrogen (secondary N) is 1. The van der Waals surface area contributed by atoms with Crippen LogP contribution in [0.25, 0.3) is 17.1 Å². The smallest absolute Gasteiger partial charge is 0.152 e. The zero-order valence-corrected chi connectivity index (χ0v) is 18.8. The van der Waals surface area contributed by atoms with Gasteiger partial charge in [-0.25, -0.2) is 9.97 Å². The third kappa shape index (κ3) is 4.59. The minimum absolute atomic E-state index is 0.0586. The van der Waals surface area contributed by atoms with Gasteiger partial charge >= 0.3 is 0 Å². The number of pyridine rings is 1. The molecule has 3 aromatic heterocycles. The van der Waals surface area contributed by atoms with Crippen LogP contribution in [0.15, 0.2) is 55.0 Å². The lowest BCUT2D eigenvalue weighted by Gasteiger charge is -2.20.